The largest absolute Gasteiger partial charge is 0.402 e. The van der Waals surface area contributed by atoms with Crippen LogP contribution in [-0.4, -0.2) is 4.98 Å². The van der Waals surface area contributed by atoms with Gasteiger partial charge in [-0.3, -0.25) is 0 Å². The standard InChI is InChI=1S/C20H22N4.3C2H6/c1-5-16(22)13-19-15(4)23-18(6-2)20(12-14(3)21)24(19)17-10-8-7-9-11-17;3*1-2/h5-13H,1-2H2,3-4H3,(H3,21,22);3*1-2H3/p+1. The topological polar surface area (TPSA) is 68.8 Å². The molecule has 0 radical (unpaired) electrons. The molecule has 2 rings (SSSR count). The Morgan fingerprint density at radius 3 is 1.87 bits per heavy atom. The molecule has 164 valence electrons. The van der Waals surface area contributed by atoms with Crippen LogP contribution in [0.2, 0.25) is 0 Å². The highest BCUT2D eigenvalue weighted by atomic mass is 15.0. The Morgan fingerprint density at radius 2 is 1.43 bits per heavy atom. The number of hydrogen-bond donors (Lipinski definition) is 2. The van der Waals surface area contributed by atoms with Crippen LogP contribution in [-0.2, 0) is 0 Å². The van der Waals surface area contributed by atoms with Gasteiger partial charge in [0.25, 0.3) is 0 Å². The van der Waals surface area contributed by atoms with E-state index < -0.39 is 0 Å². The van der Waals surface area contributed by atoms with Crippen molar-refractivity contribution in [3.63, 3.8) is 0 Å². The Kier molecular flexibility index (Phi) is 16.3. The number of nitrogens with zero attached hydrogens (tertiary/aromatic N) is 2. The Bertz CT molecular complexity index is 828. The van der Waals surface area contributed by atoms with Crippen molar-refractivity contribution < 1.29 is 4.57 Å². The Hall–Kier alpha value is -3.14. The average Bonchev–Trinajstić information content (AvgIpc) is 2.80. The van der Waals surface area contributed by atoms with Gasteiger partial charge in [0.15, 0.2) is 0 Å². The zero-order valence-electron chi connectivity index (χ0n) is 20.2. The number of benzene rings is 1. The second kappa shape index (κ2) is 16.8. The summed E-state index contributed by atoms with van der Waals surface area (Å²) in [6, 6.07) is 10.00. The van der Waals surface area contributed by atoms with Crippen LogP contribution in [0.4, 0.5) is 0 Å². The summed E-state index contributed by atoms with van der Waals surface area (Å²) in [5.41, 5.74) is 17.5. The fraction of sp³-hybridized carbons (Fsp3) is 0.308. The van der Waals surface area contributed by atoms with E-state index >= 15 is 0 Å². The Labute approximate surface area is 184 Å². The molecular formula is C26H41N4+. The summed E-state index contributed by atoms with van der Waals surface area (Å²) in [5.74, 6) is 0. The quantitative estimate of drug-likeness (QED) is 0.457. The van der Waals surface area contributed by atoms with Gasteiger partial charge < -0.3 is 11.5 Å². The van der Waals surface area contributed by atoms with Gasteiger partial charge in [-0.05, 0) is 26.0 Å². The van der Waals surface area contributed by atoms with Gasteiger partial charge in [-0.15, -0.1) is 0 Å². The molecule has 1 heterocycles. The van der Waals surface area contributed by atoms with Crippen molar-refractivity contribution in [2.75, 3.05) is 0 Å². The second-order valence-corrected chi connectivity index (χ2v) is 5.46. The zero-order valence-corrected chi connectivity index (χ0v) is 20.2. The maximum atomic E-state index is 5.98. The zero-order chi connectivity index (χ0) is 23.7. The van der Waals surface area contributed by atoms with Crippen molar-refractivity contribution >= 4 is 18.2 Å². The minimum atomic E-state index is 0.565. The smallest absolute Gasteiger partial charge is 0.239 e. The lowest BCUT2D eigenvalue weighted by Crippen LogP contribution is -2.40. The minimum Gasteiger partial charge on any atom is -0.402 e. The van der Waals surface area contributed by atoms with Gasteiger partial charge >= 0.3 is 0 Å². The minimum absolute atomic E-state index is 0.565. The summed E-state index contributed by atoms with van der Waals surface area (Å²) >= 11 is 0. The van der Waals surface area contributed by atoms with Crippen LogP contribution in [0.15, 0.2) is 61.0 Å². The van der Waals surface area contributed by atoms with E-state index in [0.717, 1.165) is 28.5 Å². The lowest BCUT2D eigenvalue weighted by atomic mass is 10.1. The molecule has 4 nitrogen and oxygen atoms in total. The summed E-state index contributed by atoms with van der Waals surface area (Å²) in [4.78, 5) is 4.64. The van der Waals surface area contributed by atoms with E-state index in [4.69, 9.17) is 11.5 Å². The Morgan fingerprint density at radius 1 is 0.900 bits per heavy atom. The van der Waals surface area contributed by atoms with Crippen molar-refractivity contribution in [1.29, 1.82) is 0 Å². The molecule has 1 aromatic heterocycles. The third-order valence-corrected chi connectivity index (χ3v) is 3.51. The molecule has 0 atom stereocenters. The lowest BCUT2D eigenvalue weighted by Gasteiger charge is -2.10. The number of aryl methyl sites for hydroxylation is 1. The van der Waals surface area contributed by atoms with E-state index in [-0.39, 0.29) is 0 Å². The molecule has 30 heavy (non-hydrogen) atoms. The third kappa shape index (κ3) is 8.48. The van der Waals surface area contributed by atoms with E-state index in [0.29, 0.717) is 11.4 Å². The molecule has 1 aromatic carbocycles. The van der Waals surface area contributed by atoms with Crippen LogP contribution in [0.1, 0.15) is 71.2 Å². The van der Waals surface area contributed by atoms with Gasteiger partial charge in [-0.1, -0.05) is 72.9 Å². The molecule has 0 spiro atoms. The van der Waals surface area contributed by atoms with Crippen LogP contribution in [0.25, 0.3) is 23.9 Å². The highest BCUT2D eigenvalue weighted by molar-refractivity contribution is 5.61. The molecule has 4 heteroatoms. The number of rotatable bonds is 5. The molecule has 0 aliphatic heterocycles. The first-order valence-electron chi connectivity index (χ1n) is 10.7. The van der Waals surface area contributed by atoms with Crippen molar-refractivity contribution in [3.05, 3.63) is 83.7 Å². The summed E-state index contributed by atoms with van der Waals surface area (Å²) in [6.45, 7) is 23.4. The first kappa shape index (κ1) is 29.1. The molecule has 0 unspecified atom stereocenters. The van der Waals surface area contributed by atoms with E-state index in [1.54, 1.807) is 12.2 Å². The van der Waals surface area contributed by atoms with Crippen LogP contribution in [0, 0.1) is 6.92 Å². The SMILES string of the molecule is C=C/C(N)=C\c1c(C)nc(C=C)c(/C=C(\C)N)[n+]1-c1ccccc1.CC.CC.CC. The van der Waals surface area contributed by atoms with E-state index in [2.05, 4.69) is 22.7 Å². The van der Waals surface area contributed by atoms with Gasteiger partial charge in [0, 0.05) is 35.7 Å². The second-order valence-electron chi connectivity index (χ2n) is 5.46. The van der Waals surface area contributed by atoms with Crippen molar-refractivity contribution in [1.82, 2.24) is 4.98 Å². The molecule has 0 saturated carbocycles. The van der Waals surface area contributed by atoms with Gasteiger partial charge in [0.05, 0.1) is 0 Å². The summed E-state index contributed by atoms with van der Waals surface area (Å²) in [5, 5.41) is 0. The Balaban J connectivity index is 0. The first-order valence-corrected chi connectivity index (χ1v) is 10.7. The number of aromatic nitrogens is 2. The predicted octanol–water partition coefficient (Wildman–Crippen LogP) is 6.19. The lowest BCUT2D eigenvalue weighted by molar-refractivity contribution is -0.601. The summed E-state index contributed by atoms with van der Waals surface area (Å²) in [6.07, 6.45) is 7.09. The maximum absolute atomic E-state index is 5.98. The van der Waals surface area contributed by atoms with Gasteiger partial charge in [-0.2, -0.15) is 4.57 Å². The van der Waals surface area contributed by atoms with Gasteiger partial charge in [-0.25, -0.2) is 4.98 Å². The van der Waals surface area contributed by atoms with Crippen molar-refractivity contribution in [2.45, 2.75) is 55.4 Å². The van der Waals surface area contributed by atoms with Crippen LogP contribution < -0.4 is 16.0 Å². The number of allylic oxidation sites excluding steroid dienone is 2. The fourth-order valence-corrected chi connectivity index (χ4v) is 2.45. The fourth-order valence-electron chi connectivity index (χ4n) is 2.45. The molecular weight excluding hydrogens is 368 g/mol. The molecule has 0 bridgehead atoms. The average molecular weight is 410 g/mol. The van der Waals surface area contributed by atoms with E-state index in [1.165, 1.54) is 0 Å². The molecule has 0 amide bonds. The summed E-state index contributed by atoms with van der Waals surface area (Å²) < 4.78 is 2.08. The monoisotopic (exact) mass is 409 g/mol. The molecule has 0 aliphatic carbocycles. The predicted molar refractivity (Wildman–Crippen MR) is 135 cm³/mol. The van der Waals surface area contributed by atoms with Gasteiger partial charge in [0.1, 0.15) is 11.4 Å². The van der Waals surface area contributed by atoms with E-state index in [1.807, 2.05) is 97.9 Å². The molecule has 0 fully saturated rings. The molecule has 4 N–H and O–H groups in total. The number of para-hydroxylation sites is 1. The molecule has 2 aromatic rings. The van der Waals surface area contributed by atoms with Crippen LogP contribution >= 0.6 is 0 Å². The van der Waals surface area contributed by atoms with Crippen LogP contribution in [0.5, 0.6) is 0 Å². The maximum Gasteiger partial charge on any atom is 0.239 e. The highest BCUT2D eigenvalue weighted by Crippen LogP contribution is 2.16. The van der Waals surface area contributed by atoms with Crippen LogP contribution in [0.3, 0.4) is 0 Å². The highest BCUT2D eigenvalue weighted by Gasteiger charge is 2.24. The number of hydrogen-bond acceptors (Lipinski definition) is 3. The third-order valence-electron chi connectivity index (χ3n) is 3.51. The molecule has 0 aliphatic rings. The van der Waals surface area contributed by atoms with Gasteiger partial charge in [0.2, 0.25) is 17.1 Å². The van der Waals surface area contributed by atoms with E-state index in [9.17, 15) is 0 Å². The van der Waals surface area contributed by atoms with Crippen molar-refractivity contribution in [3.8, 4) is 5.69 Å². The number of nitrogens with two attached hydrogens (primary N) is 2. The summed E-state index contributed by atoms with van der Waals surface area (Å²) in [7, 11) is 0. The van der Waals surface area contributed by atoms with Crippen molar-refractivity contribution in [2.24, 2.45) is 11.5 Å². The molecule has 0 saturated heterocycles. The first-order chi connectivity index (χ1) is 14.5. The normalized spacial score (nSPS) is 10.3.